The van der Waals surface area contributed by atoms with E-state index in [0.717, 1.165) is 0 Å². The maximum atomic E-state index is 10.9. The number of anilines is 1. The molecule has 0 heterocycles. The molecule has 0 radical (unpaired) electrons. The van der Waals surface area contributed by atoms with Gasteiger partial charge in [0.1, 0.15) is 12.4 Å². The molecule has 1 aromatic carbocycles. The molecule has 0 aliphatic heterocycles. The van der Waals surface area contributed by atoms with Gasteiger partial charge in [0.2, 0.25) is 5.91 Å². The largest absolute Gasteiger partial charge is 0.491 e. The molecule has 0 aliphatic carbocycles. The summed E-state index contributed by atoms with van der Waals surface area (Å²) in [5.41, 5.74) is 0.0869. The molecule has 0 saturated heterocycles. The van der Waals surface area contributed by atoms with Crippen molar-refractivity contribution in [1.29, 1.82) is 0 Å². The zero-order chi connectivity index (χ0) is 12.8. The van der Waals surface area contributed by atoms with E-state index in [1.807, 2.05) is 0 Å². The molecule has 0 fully saturated rings. The molecule has 0 bridgehead atoms. The van der Waals surface area contributed by atoms with Crippen molar-refractivity contribution in [2.45, 2.75) is 6.92 Å². The Morgan fingerprint density at radius 3 is 2.76 bits per heavy atom. The quantitative estimate of drug-likeness (QED) is 0.588. The number of nitro benzene ring substituents is 1. The van der Waals surface area contributed by atoms with Crippen LogP contribution in [0.25, 0.3) is 0 Å². The number of rotatable bonds is 5. The second-order valence-electron chi connectivity index (χ2n) is 3.23. The van der Waals surface area contributed by atoms with Crippen LogP contribution in [0.2, 0.25) is 0 Å². The summed E-state index contributed by atoms with van der Waals surface area (Å²) in [6.07, 6.45) is 0. The van der Waals surface area contributed by atoms with Gasteiger partial charge in [-0.3, -0.25) is 14.9 Å². The Labute approximate surface area is 97.2 Å². The number of non-ortho nitro benzene ring substituents is 1. The standard InChI is InChI=1S/C10H12N2O5/c1-7(14)11-8-4-9(12(15)16)6-10(5-8)17-3-2-13/h4-6,13H,2-3H2,1H3,(H,11,14). The third kappa shape index (κ3) is 4.07. The Morgan fingerprint density at radius 2 is 2.24 bits per heavy atom. The van der Waals surface area contributed by atoms with Crippen LogP contribution in [-0.2, 0) is 4.79 Å². The maximum Gasteiger partial charge on any atom is 0.275 e. The highest BCUT2D eigenvalue weighted by Crippen LogP contribution is 2.25. The monoisotopic (exact) mass is 240 g/mol. The number of nitrogens with zero attached hydrogens (tertiary/aromatic N) is 1. The summed E-state index contributed by atoms with van der Waals surface area (Å²) < 4.78 is 5.06. The number of nitrogens with one attached hydrogen (secondary N) is 1. The smallest absolute Gasteiger partial charge is 0.275 e. The van der Waals surface area contributed by atoms with Gasteiger partial charge in [-0.05, 0) is 0 Å². The van der Waals surface area contributed by atoms with Crippen molar-refractivity contribution in [3.05, 3.63) is 28.3 Å². The van der Waals surface area contributed by atoms with E-state index in [9.17, 15) is 14.9 Å². The van der Waals surface area contributed by atoms with Gasteiger partial charge in [-0.2, -0.15) is 0 Å². The van der Waals surface area contributed by atoms with E-state index < -0.39 is 4.92 Å². The van der Waals surface area contributed by atoms with E-state index in [2.05, 4.69) is 5.32 Å². The molecule has 2 N–H and O–H groups in total. The van der Waals surface area contributed by atoms with E-state index in [-0.39, 0.29) is 36.2 Å². The highest BCUT2D eigenvalue weighted by Gasteiger charge is 2.11. The number of ether oxygens (including phenoxy) is 1. The Morgan fingerprint density at radius 1 is 1.53 bits per heavy atom. The van der Waals surface area contributed by atoms with Crippen molar-refractivity contribution in [3.63, 3.8) is 0 Å². The zero-order valence-electron chi connectivity index (χ0n) is 9.17. The average Bonchev–Trinajstić information content (AvgIpc) is 2.25. The van der Waals surface area contributed by atoms with Crippen LogP contribution in [0, 0.1) is 10.1 Å². The molecular weight excluding hydrogens is 228 g/mol. The van der Waals surface area contributed by atoms with Gasteiger partial charge in [0.25, 0.3) is 5.69 Å². The normalized spacial score (nSPS) is 9.76. The van der Waals surface area contributed by atoms with Gasteiger partial charge in [0.15, 0.2) is 0 Å². The fourth-order valence-electron chi connectivity index (χ4n) is 1.21. The number of hydrogen-bond donors (Lipinski definition) is 2. The topological polar surface area (TPSA) is 102 Å². The minimum atomic E-state index is -0.586. The fraction of sp³-hybridized carbons (Fsp3) is 0.300. The molecule has 0 unspecified atom stereocenters. The van der Waals surface area contributed by atoms with Gasteiger partial charge in [-0.25, -0.2) is 0 Å². The molecule has 7 nitrogen and oxygen atoms in total. The van der Waals surface area contributed by atoms with Crippen LogP contribution in [0.3, 0.4) is 0 Å². The van der Waals surface area contributed by atoms with Gasteiger partial charge in [0, 0.05) is 19.1 Å². The van der Waals surface area contributed by atoms with Crippen molar-refractivity contribution in [1.82, 2.24) is 0 Å². The molecule has 0 saturated carbocycles. The summed E-state index contributed by atoms with van der Waals surface area (Å²) in [6, 6.07) is 3.90. The Kier molecular flexibility index (Phi) is 4.41. The minimum absolute atomic E-state index is 0.0285. The van der Waals surface area contributed by atoms with Crippen LogP contribution in [-0.4, -0.2) is 29.2 Å². The number of carbonyl (C=O) groups excluding carboxylic acids is 1. The second kappa shape index (κ2) is 5.80. The lowest BCUT2D eigenvalue weighted by Crippen LogP contribution is -2.07. The molecule has 0 aromatic heterocycles. The first-order valence-corrected chi connectivity index (χ1v) is 4.83. The van der Waals surface area contributed by atoms with E-state index >= 15 is 0 Å². The summed E-state index contributed by atoms with van der Waals surface area (Å²) >= 11 is 0. The number of hydrogen-bond acceptors (Lipinski definition) is 5. The van der Waals surface area contributed by atoms with Crippen LogP contribution < -0.4 is 10.1 Å². The molecule has 1 aromatic rings. The summed E-state index contributed by atoms with van der Waals surface area (Å²) in [5, 5.41) is 21.7. The van der Waals surface area contributed by atoms with E-state index in [1.165, 1.54) is 25.1 Å². The highest BCUT2D eigenvalue weighted by atomic mass is 16.6. The van der Waals surface area contributed by atoms with Crippen molar-refractivity contribution in [2.75, 3.05) is 18.5 Å². The van der Waals surface area contributed by atoms with Crippen LogP contribution in [0.1, 0.15) is 6.92 Å². The fourth-order valence-corrected chi connectivity index (χ4v) is 1.21. The minimum Gasteiger partial charge on any atom is -0.491 e. The third-order valence-electron chi connectivity index (χ3n) is 1.78. The average molecular weight is 240 g/mol. The molecule has 0 spiro atoms. The molecular formula is C10H12N2O5. The zero-order valence-corrected chi connectivity index (χ0v) is 9.17. The highest BCUT2D eigenvalue weighted by molar-refractivity contribution is 5.89. The van der Waals surface area contributed by atoms with Crippen molar-refractivity contribution in [3.8, 4) is 5.75 Å². The van der Waals surface area contributed by atoms with E-state index in [0.29, 0.717) is 0 Å². The van der Waals surface area contributed by atoms with Crippen LogP contribution in [0.15, 0.2) is 18.2 Å². The van der Waals surface area contributed by atoms with Crippen molar-refractivity contribution >= 4 is 17.3 Å². The SMILES string of the molecule is CC(=O)Nc1cc(OCCO)cc([N+](=O)[O-])c1. The molecule has 1 amide bonds. The predicted molar refractivity (Wildman–Crippen MR) is 60.0 cm³/mol. The Bertz CT molecular complexity index is 433. The Balaban J connectivity index is 3.00. The Hall–Kier alpha value is -2.15. The molecule has 0 aliphatic rings. The lowest BCUT2D eigenvalue weighted by atomic mass is 10.2. The number of nitro groups is 1. The predicted octanol–water partition coefficient (Wildman–Crippen LogP) is 0.924. The van der Waals surface area contributed by atoms with Gasteiger partial charge in [0.05, 0.1) is 23.3 Å². The maximum absolute atomic E-state index is 10.9. The van der Waals surface area contributed by atoms with Crippen molar-refractivity contribution in [2.24, 2.45) is 0 Å². The van der Waals surface area contributed by atoms with Crippen LogP contribution >= 0.6 is 0 Å². The number of carbonyl (C=O) groups is 1. The van der Waals surface area contributed by atoms with E-state index in [1.54, 1.807) is 0 Å². The lowest BCUT2D eigenvalue weighted by molar-refractivity contribution is -0.384. The summed E-state index contributed by atoms with van der Waals surface area (Å²) in [4.78, 5) is 20.9. The van der Waals surface area contributed by atoms with Gasteiger partial charge >= 0.3 is 0 Å². The molecule has 92 valence electrons. The molecule has 7 heteroatoms. The first-order valence-electron chi connectivity index (χ1n) is 4.83. The lowest BCUT2D eigenvalue weighted by Gasteiger charge is -2.07. The van der Waals surface area contributed by atoms with Crippen LogP contribution in [0.5, 0.6) is 5.75 Å². The molecule has 1 rings (SSSR count). The number of aliphatic hydroxyl groups is 1. The molecule has 0 atom stereocenters. The van der Waals surface area contributed by atoms with Gasteiger partial charge in [-0.15, -0.1) is 0 Å². The number of amides is 1. The van der Waals surface area contributed by atoms with Gasteiger partial charge < -0.3 is 15.2 Å². The second-order valence-corrected chi connectivity index (χ2v) is 3.23. The summed E-state index contributed by atoms with van der Waals surface area (Å²) in [7, 11) is 0. The first-order chi connectivity index (χ1) is 8.02. The number of benzene rings is 1. The van der Waals surface area contributed by atoms with Crippen LogP contribution in [0.4, 0.5) is 11.4 Å². The summed E-state index contributed by atoms with van der Waals surface area (Å²) in [5.74, 6) is -0.115. The first kappa shape index (κ1) is 12.9. The molecule has 17 heavy (non-hydrogen) atoms. The third-order valence-corrected chi connectivity index (χ3v) is 1.78. The number of aliphatic hydroxyl groups excluding tert-OH is 1. The van der Waals surface area contributed by atoms with Gasteiger partial charge in [-0.1, -0.05) is 0 Å². The van der Waals surface area contributed by atoms with Crippen molar-refractivity contribution < 1.29 is 19.6 Å². The summed E-state index contributed by atoms with van der Waals surface area (Å²) in [6.45, 7) is 1.13. The van der Waals surface area contributed by atoms with E-state index in [4.69, 9.17) is 9.84 Å².